The minimum absolute atomic E-state index is 0.0445. The number of benzene rings is 2. The number of aryl methyl sites for hydroxylation is 1. The number of nitrogens with zero attached hydrogens (tertiary/aromatic N) is 1. The van der Waals surface area contributed by atoms with Crippen LogP contribution >= 0.6 is 34.8 Å². The Hall–Kier alpha value is -3.53. The molecule has 0 spiro atoms. The Balaban J connectivity index is 1.39. The van der Waals surface area contributed by atoms with E-state index in [-0.39, 0.29) is 17.4 Å². The van der Waals surface area contributed by atoms with Gasteiger partial charge in [0.2, 0.25) is 0 Å². The molecule has 9 nitrogen and oxygen atoms in total. The van der Waals surface area contributed by atoms with Crippen molar-refractivity contribution < 1.29 is 23.5 Å². The summed E-state index contributed by atoms with van der Waals surface area (Å²) in [6.07, 6.45) is 1.90. The topological polar surface area (TPSA) is 122 Å². The number of carbonyl (C=O) groups is 3. The molecule has 0 saturated carbocycles. The summed E-state index contributed by atoms with van der Waals surface area (Å²) in [5, 5.41) is 5.47. The van der Waals surface area contributed by atoms with Gasteiger partial charge in [0.1, 0.15) is 11.5 Å². The number of amides is 3. The zero-order valence-corrected chi connectivity index (χ0v) is 21.8. The van der Waals surface area contributed by atoms with E-state index in [0.29, 0.717) is 56.8 Å². The lowest BCUT2D eigenvalue weighted by Gasteiger charge is -2.13. The van der Waals surface area contributed by atoms with Gasteiger partial charge in [-0.15, -0.1) is 0 Å². The summed E-state index contributed by atoms with van der Waals surface area (Å²) >= 11 is 17.7. The van der Waals surface area contributed by atoms with Crippen LogP contribution in [-0.4, -0.2) is 30.0 Å². The molecule has 0 fully saturated rings. The van der Waals surface area contributed by atoms with Crippen molar-refractivity contribution in [3.05, 3.63) is 85.7 Å². The molecule has 0 bridgehead atoms. The average Bonchev–Trinajstić information content (AvgIpc) is 3.22. The number of furan rings is 1. The van der Waals surface area contributed by atoms with Crippen molar-refractivity contribution in [2.45, 2.75) is 26.2 Å². The number of hydrogen-bond donors (Lipinski definition) is 3. The van der Waals surface area contributed by atoms with Crippen molar-refractivity contribution in [1.82, 2.24) is 16.3 Å². The monoisotopic (exact) mass is 562 g/mol. The van der Waals surface area contributed by atoms with E-state index in [2.05, 4.69) is 21.4 Å². The van der Waals surface area contributed by atoms with Gasteiger partial charge in [0.15, 0.2) is 12.4 Å². The number of hydrogen-bond acceptors (Lipinski definition) is 6. The second kappa shape index (κ2) is 11.7. The smallest absolute Gasteiger partial charge is 0.305 e. The van der Waals surface area contributed by atoms with E-state index in [0.717, 1.165) is 6.42 Å². The Morgan fingerprint density at radius 1 is 0.973 bits per heavy atom. The summed E-state index contributed by atoms with van der Waals surface area (Å²) < 4.78 is 11.2. The molecule has 1 aliphatic carbocycles. The highest BCUT2D eigenvalue weighted by Crippen LogP contribution is 2.30. The molecule has 3 N–H and O–H groups in total. The van der Waals surface area contributed by atoms with E-state index < -0.39 is 17.7 Å². The fraction of sp³-hybridized carbons (Fsp3) is 0.200. The van der Waals surface area contributed by atoms with Crippen LogP contribution in [-0.2, 0) is 11.2 Å². The van der Waals surface area contributed by atoms with E-state index >= 15 is 0 Å². The molecule has 4 rings (SSSR count). The van der Waals surface area contributed by atoms with Crippen molar-refractivity contribution in [2.24, 2.45) is 5.10 Å². The maximum Gasteiger partial charge on any atom is 0.305 e. The van der Waals surface area contributed by atoms with Crippen LogP contribution in [0.25, 0.3) is 0 Å². The van der Waals surface area contributed by atoms with E-state index in [1.807, 2.05) is 0 Å². The summed E-state index contributed by atoms with van der Waals surface area (Å²) in [5.41, 5.74) is 9.28. The Kier molecular flexibility index (Phi) is 8.38. The highest BCUT2D eigenvalue weighted by molar-refractivity contribution is 6.35. The molecule has 1 aliphatic rings. The van der Waals surface area contributed by atoms with Gasteiger partial charge >= 0.3 is 5.91 Å². The van der Waals surface area contributed by atoms with Gasteiger partial charge in [-0.1, -0.05) is 34.8 Å². The average molecular weight is 564 g/mol. The molecule has 3 aromatic rings. The minimum Gasteiger partial charge on any atom is -0.482 e. The Labute approximate surface area is 227 Å². The van der Waals surface area contributed by atoms with Crippen LogP contribution in [0.4, 0.5) is 0 Å². The lowest BCUT2D eigenvalue weighted by Crippen LogP contribution is -2.41. The third-order valence-electron chi connectivity index (χ3n) is 5.50. The van der Waals surface area contributed by atoms with Gasteiger partial charge in [-0.2, -0.15) is 5.10 Å². The molecule has 12 heteroatoms. The largest absolute Gasteiger partial charge is 0.482 e. The van der Waals surface area contributed by atoms with Gasteiger partial charge in [0.05, 0.1) is 10.7 Å². The van der Waals surface area contributed by atoms with Gasteiger partial charge in [-0.3, -0.25) is 25.2 Å². The van der Waals surface area contributed by atoms with Gasteiger partial charge in [0, 0.05) is 33.2 Å². The molecule has 3 amide bonds. The van der Waals surface area contributed by atoms with Crippen LogP contribution in [0, 0.1) is 6.92 Å². The van der Waals surface area contributed by atoms with Gasteiger partial charge < -0.3 is 9.15 Å². The van der Waals surface area contributed by atoms with Crippen molar-refractivity contribution in [2.75, 3.05) is 6.61 Å². The molecular weight excluding hydrogens is 543 g/mol. The molecule has 0 unspecified atom stereocenters. The summed E-state index contributed by atoms with van der Waals surface area (Å²) in [6, 6.07) is 10.9. The predicted molar refractivity (Wildman–Crippen MR) is 139 cm³/mol. The summed E-state index contributed by atoms with van der Waals surface area (Å²) in [7, 11) is 0. The highest BCUT2D eigenvalue weighted by Gasteiger charge is 2.28. The first-order valence-electron chi connectivity index (χ1n) is 11.1. The number of rotatable bonds is 6. The minimum atomic E-state index is -0.620. The van der Waals surface area contributed by atoms with Crippen molar-refractivity contribution in [1.29, 1.82) is 0 Å². The van der Waals surface area contributed by atoms with Gasteiger partial charge in [0.25, 0.3) is 11.8 Å². The van der Waals surface area contributed by atoms with E-state index in [9.17, 15) is 14.4 Å². The van der Waals surface area contributed by atoms with Gasteiger partial charge in [-0.05, 0) is 62.2 Å². The number of ether oxygens (including phenoxy) is 1. The second-order valence-corrected chi connectivity index (χ2v) is 9.36. The first-order valence-corrected chi connectivity index (χ1v) is 12.3. The van der Waals surface area contributed by atoms with Crippen molar-refractivity contribution in [3.63, 3.8) is 0 Å². The molecule has 1 aromatic heterocycles. The first-order chi connectivity index (χ1) is 17.7. The Bertz CT molecular complexity index is 1390. The summed E-state index contributed by atoms with van der Waals surface area (Å²) in [4.78, 5) is 37.3. The SMILES string of the molecule is Cc1c(C(=O)NNC(=O)c2ccc(Cl)cc2)oc2c1/C(=N/NC(=O)COc1ccc(Cl)cc1Cl)CCC2. The Morgan fingerprint density at radius 2 is 1.68 bits per heavy atom. The number of fused-ring (bicyclic) bond motifs is 1. The van der Waals surface area contributed by atoms with E-state index in [4.69, 9.17) is 44.0 Å². The van der Waals surface area contributed by atoms with Crippen LogP contribution in [0.3, 0.4) is 0 Å². The molecule has 0 saturated heterocycles. The number of hydrazone groups is 1. The number of halogens is 3. The zero-order chi connectivity index (χ0) is 26.5. The normalized spacial score (nSPS) is 13.6. The molecule has 2 aromatic carbocycles. The zero-order valence-electron chi connectivity index (χ0n) is 19.5. The fourth-order valence-electron chi connectivity index (χ4n) is 3.74. The molecular formula is C25H21Cl3N4O5. The lowest BCUT2D eigenvalue weighted by atomic mass is 9.93. The van der Waals surface area contributed by atoms with Gasteiger partial charge in [-0.25, -0.2) is 5.43 Å². The standard InChI is InChI=1S/C25H21Cl3N4O5/c1-13-22-18(29-30-21(33)12-36-19-10-9-16(27)11-17(19)28)3-2-4-20(22)37-23(13)25(35)32-31-24(34)14-5-7-15(26)8-6-14/h5-11H,2-4,12H2,1H3,(H,30,33)(H,31,34)(H,32,35)/b29-18+. The molecule has 1 heterocycles. The fourth-order valence-corrected chi connectivity index (χ4v) is 4.33. The third-order valence-corrected chi connectivity index (χ3v) is 6.28. The third kappa shape index (κ3) is 6.43. The summed E-state index contributed by atoms with van der Waals surface area (Å²) in [5.74, 6) is -0.678. The molecule has 0 radical (unpaired) electrons. The second-order valence-electron chi connectivity index (χ2n) is 8.08. The number of hydrazine groups is 1. The molecule has 0 atom stereocenters. The van der Waals surface area contributed by atoms with Crippen LogP contribution in [0.1, 0.15) is 50.6 Å². The molecule has 192 valence electrons. The number of nitrogens with one attached hydrogen (secondary N) is 3. The van der Waals surface area contributed by atoms with Crippen LogP contribution < -0.4 is 21.0 Å². The maximum atomic E-state index is 12.7. The van der Waals surface area contributed by atoms with E-state index in [1.54, 1.807) is 31.2 Å². The van der Waals surface area contributed by atoms with Crippen molar-refractivity contribution in [3.8, 4) is 5.75 Å². The van der Waals surface area contributed by atoms with Crippen LogP contribution in [0.2, 0.25) is 15.1 Å². The lowest BCUT2D eigenvalue weighted by molar-refractivity contribution is -0.123. The predicted octanol–water partition coefficient (Wildman–Crippen LogP) is 4.86. The van der Waals surface area contributed by atoms with Crippen molar-refractivity contribution >= 4 is 58.2 Å². The van der Waals surface area contributed by atoms with Crippen LogP contribution in [0.15, 0.2) is 52.0 Å². The summed E-state index contributed by atoms with van der Waals surface area (Å²) in [6.45, 7) is 1.41. The highest BCUT2D eigenvalue weighted by atomic mass is 35.5. The number of carbonyl (C=O) groups excluding carboxylic acids is 3. The first kappa shape index (κ1) is 26.5. The maximum absolute atomic E-state index is 12.7. The van der Waals surface area contributed by atoms with Crippen LogP contribution in [0.5, 0.6) is 5.75 Å². The quantitative estimate of drug-likeness (QED) is 0.370. The molecule has 37 heavy (non-hydrogen) atoms. The molecule has 0 aliphatic heterocycles. The Morgan fingerprint density at radius 3 is 2.41 bits per heavy atom. The van der Waals surface area contributed by atoms with E-state index in [1.165, 1.54) is 18.2 Å².